The van der Waals surface area contributed by atoms with Gasteiger partial charge in [-0.25, -0.2) is 4.79 Å². The van der Waals surface area contributed by atoms with Crippen molar-refractivity contribution < 1.29 is 19.4 Å². The van der Waals surface area contributed by atoms with E-state index >= 15 is 0 Å². The van der Waals surface area contributed by atoms with Crippen molar-refractivity contribution in [1.29, 1.82) is 0 Å². The Kier molecular flexibility index (Phi) is 4.84. The van der Waals surface area contributed by atoms with Gasteiger partial charge in [-0.15, -0.1) is 0 Å². The average Bonchev–Trinajstić information content (AvgIpc) is 2.26. The van der Waals surface area contributed by atoms with Crippen molar-refractivity contribution in [3.8, 4) is 0 Å². The summed E-state index contributed by atoms with van der Waals surface area (Å²) in [5.41, 5.74) is 0. The highest BCUT2D eigenvalue weighted by atomic mass is 16.6. The predicted molar refractivity (Wildman–Crippen MR) is 54.6 cm³/mol. The fourth-order valence-electron chi connectivity index (χ4n) is 1.32. The summed E-state index contributed by atoms with van der Waals surface area (Å²) < 4.78 is 10.3. The maximum Gasteiger partial charge on any atom is 0.409 e. The van der Waals surface area contributed by atoms with Gasteiger partial charge in [0.05, 0.1) is 32.5 Å². The van der Waals surface area contributed by atoms with Crippen LogP contribution in [-0.2, 0) is 9.47 Å². The molecule has 1 heterocycles. The zero-order valence-corrected chi connectivity index (χ0v) is 9.31. The van der Waals surface area contributed by atoms with Gasteiger partial charge in [-0.05, 0) is 5.92 Å². The fraction of sp³-hybridized carbons (Fsp3) is 0.900. The normalized spacial score (nSPS) is 21.9. The third-order valence-corrected chi connectivity index (χ3v) is 2.14. The molecule has 88 valence electrons. The van der Waals surface area contributed by atoms with Crippen molar-refractivity contribution >= 4 is 6.09 Å². The number of hydrogen-bond donors (Lipinski definition) is 1. The van der Waals surface area contributed by atoms with Gasteiger partial charge in [-0.2, -0.15) is 0 Å². The number of carbonyl (C=O) groups is 1. The largest absolute Gasteiger partial charge is 0.449 e. The van der Waals surface area contributed by atoms with Gasteiger partial charge in [0.1, 0.15) is 0 Å². The molecule has 0 aromatic carbocycles. The van der Waals surface area contributed by atoms with Gasteiger partial charge in [0.25, 0.3) is 0 Å². The molecular weight excluding hydrogens is 198 g/mol. The van der Waals surface area contributed by atoms with Gasteiger partial charge in [-0.3, -0.25) is 0 Å². The molecule has 5 nitrogen and oxygen atoms in total. The molecule has 1 rings (SSSR count). The van der Waals surface area contributed by atoms with E-state index < -0.39 is 0 Å². The zero-order chi connectivity index (χ0) is 11.3. The standard InChI is InChI=1S/C10H19NO4/c1-8(2)7-15-10(13)11-3-4-14-9(5-11)6-12/h8-9,12H,3-7H2,1-2H3. The molecule has 0 saturated carbocycles. The Morgan fingerprint density at radius 1 is 1.67 bits per heavy atom. The van der Waals surface area contributed by atoms with Gasteiger partial charge in [0.15, 0.2) is 0 Å². The zero-order valence-electron chi connectivity index (χ0n) is 9.31. The number of carbonyl (C=O) groups excluding carboxylic acids is 1. The minimum Gasteiger partial charge on any atom is -0.449 e. The molecule has 1 amide bonds. The molecule has 15 heavy (non-hydrogen) atoms. The molecule has 1 unspecified atom stereocenters. The average molecular weight is 217 g/mol. The molecular formula is C10H19NO4. The van der Waals surface area contributed by atoms with Gasteiger partial charge >= 0.3 is 6.09 Å². The van der Waals surface area contributed by atoms with Gasteiger partial charge in [-0.1, -0.05) is 13.8 Å². The number of rotatable bonds is 3. The van der Waals surface area contributed by atoms with Crippen molar-refractivity contribution in [2.45, 2.75) is 20.0 Å². The lowest BCUT2D eigenvalue weighted by Gasteiger charge is -2.31. The van der Waals surface area contributed by atoms with E-state index in [0.717, 1.165) is 0 Å². The quantitative estimate of drug-likeness (QED) is 0.746. The first kappa shape index (κ1) is 12.3. The third kappa shape index (κ3) is 4.05. The van der Waals surface area contributed by atoms with E-state index in [4.69, 9.17) is 14.6 Å². The Balaban J connectivity index is 2.32. The summed E-state index contributed by atoms with van der Waals surface area (Å²) in [6.07, 6.45) is -0.587. The van der Waals surface area contributed by atoms with Crippen LogP contribution in [0.2, 0.25) is 0 Å². The fourth-order valence-corrected chi connectivity index (χ4v) is 1.32. The molecule has 5 heteroatoms. The first-order valence-corrected chi connectivity index (χ1v) is 5.27. The highest BCUT2D eigenvalue weighted by Crippen LogP contribution is 2.07. The minimum atomic E-state index is -0.314. The lowest BCUT2D eigenvalue weighted by atomic mass is 10.2. The van der Waals surface area contributed by atoms with Crippen molar-refractivity contribution in [3.05, 3.63) is 0 Å². The van der Waals surface area contributed by atoms with Crippen LogP contribution in [0.5, 0.6) is 0 Å². The summed E-state index contributed by atoms with van der Waals surface area (Å²) in [7, 11) is 0. The third-order valence-electron chi connectivity index (χ3n) is 2.14. The van der Waals surface area contributed by atoms with Crippen LogP contribution in [0.1, 0.15) is 13.8 Å². The van der Waals surface area contributed by atoms with E-state index in [9.17, 15) is 4.79 Å². The van der Waals surface area contributed by atoms with E-state index in [1.165, 1.54) is 0 Å². The topological polar surface area (TPSA) is 59.0 Å². The lowest BCUT2D eigenvalue weighted by molar-refractivity contribution is -0.0503. The number of aliphatic hydroxyl groups excluding tert-OH is 1. The van der Waals surface area contributed by atoms with Crippen LogP contribution < -0.4 is 0 Å². The number of aliphatic hydroxyl groups is 1. The summed E-state index contributed by atoms with van der Waals surface area (Å²) in [4.78, 5) is 13.1. The van der Waals surface area contributed by atoms with Crippen molar-refractivity contribution in [2.75, 3.05) is 32.9 Å². The molecule has 1 atom stereocenters. The van der Waals surface area contributed by atoms with Crippen molar-refractivity contribution in [3.63, 3.8) is 0 Å². The van der Waals surface area contributed by atoms with Crippen LogP contribution in [0, 0.1) is 5.92 Å². The number of morpholine rings is 1. The van der Waals surface area contributed by atoms with Crippen LogP contribution in [0.3, 0.4) is 0 Å². The molecule has 0 spiro atoms. The maximum absolute atomic E-state index is 11.5. The van der Waals surface area contributed by atoms with Gasteiger partial charge in [0.2, 0.25) is 0 Å². The first-order valence-electron chi connectivity index (χ1n) is 5.27. The summed E-state index contributed by atoms with van der Waals surface area (Å²) in [6, 6.07) is 0. The monoisotopic (exact) mass is 217 g/mol. The highest BCUT2D eigenvalue weighted by molar-refractivity contribution is 5.67. The summed E-state index contributed by atoms with van der Waals surface area (Å²) in [5, 5.41) is 8.90. The number of ether oxygens (including phenoxy) is 2. The molecule has 0 aromatic heterocycles. The molecule has 1 fully saturated rings. The van der Waals surface area contributed by atoms with Gasteiger partial charge in [0, 0.05) is 6.54 Å². The van der Waals surface area contributed by atoms with Crippen molar-refractivity contribution in [1.82, 2.24) is 4.90 Å². The molecule has 0 bridgehead atoms. The van der Waals surface area contributed by atoms with Crippen molar-refractivity contribution in [2.24, 2.45) is 5.92 Å². The number of hydrogen-bond acceptors (Lipinski definition) is 4. The number of nitrogens with zero attached hydrogens (tertiary/aromatic N) is 1. The Bertz CT molecular complexity index is 208. The van der Waals surface area contributed by atoms with Crippen LogP contribution >= 0.6 is 0 Å². The second kappa shape index (κ2) is 5.92. The van der Waals surface area contributed by atoms with Crippen LogP contribution in [0.4, 0.5) is 4.79 Å². The van der Waals surface area contributed by atoms with E-state index in [0.29, 0.717) is 32.2 Å². The lowest BCUT2D eigenvalue weighted by Crippen LogP contribution is -2.47. The highest BCUT2D eigenvalue weighted by Gasteiger charge is 2.24. The number of amides is 1. The summed E-state index contributed by atoms with van der Waals surface area (Å²) in [6.45, 7) is 5.75. The molecule has 0 aliphatic carbocycles. The van der Waals surface area contributed by atoms with Crippen LogP contribution in [-0.4, -0.2) is 55.1 Å². The summed E-state index contributed by atoms with van der Waals surface area (Å²) in [5.74, 6) is 0.337. The molecule has 1 aliphatic heterocycles. The Labute approximate surface area is 90.0 Å². The molecule has 0 aromatic rings. The SMILES string of the molecule is CC(C)COC(=O)N1CCOC(CO)C1. The molecule has 1 aliphatic rings. The molecule has 1 saturated heterocycles. The molecule has 0 radical (unpaired) electrons. The second-order valence-corrected chi connectivity index (χ2v) is 4.09. The van der Waals surface area contributed by atoms with E-state index in [2.05, 4.69) is 0 Å². The first-order chi connectivity index (χ1) is 7.13. The van der Waals surface area contributed by atoms with Crippen LogP contribution in [0.25, 0.3) is 0 Å². The predicted octanol–water partition coefficient (Wildman–Crippen LogP) is 0.472. The smallest absolute Gasteiger partial charge is 0.409 e. The van der Waals surface area contributed by atoms with E-state index in [1.807, 2.05) is 13.8 Å². The van der Waals surface area contributed by atoms with Gasteiger partial charge < -0.3 is 19.5 Å². The summed E-state index contributed by atoms with van der Waals surface area (Å²) >= 11 is 0. The Morgan fingerprint density at radius 3 is 3.00 bits per heavy atom. The maximum atomic E-state index is 11.5. The second-order valence-electron chi connectivity index (χ2n) is 4.09. The molecule has 1 N–H and O–H groups in total. The van der Waals surface area contributed by atoms with Crippen LogP contribution in [0.15, 0.2) is 0 Å². The minimum absolute atomic E-state index is 0.0615. The Hall–Kier alpha value is -0.810. The van der Waals surface area contributed by atoms with E-state index in [-0.39, 0.29) is 18.8 Å². The van der Waals surface area contributed by atoms with E-state index in [1.54, 1.807) is 4.90 Å². The Morgan fingerprint density at radius 2 is 2.40 bits per heavy atom.